The molecule has 0 aliphatic carbocycles. The number of carbonyl (C=O) groups excluding carboxylic acids is 1. The van der Waals surface area contributed by atoms with Crippen LogP contribution in [0.3, 0.4) is 0 Å². The minimum Gasteiger partial charge on any atom is -0.493 e. The molecule has 0 aliphatic rings. The van der Waals surface area contributed by atoms with Crippen molar-refractivity contribution in [1.82, 2.24) is 5.32 Å². The number of nitrogen functional groups attached to an aromatic ring is 1. The molecule has 0 aromatic heterocycles. The third-order valence-corrected chi connectivity index (χ3v) is 5.84. The molecule has 0 spiro atoms. The van der Waals surface area contributed by atoms with Gasteiger partial charge in [0, 0.05) is 17.2 Å². The molecule has 3 aromatic carbocycles. The quantitative estimate of drug-likeness (QED) is 0.261. The lowest BCUT2D eigenvalue weighted by Crippen LogP contribution is -2.42. The highest BCUT2D eigenvalue weighted by atomic mass is 16.5. The molecule has 8 heteroatoms. The number of aliphatic carboxylic acids is 1. The smallest absolute Gasteiger partial charge is 0.308 e. The van der Waals surface area contributed by atoms with Gasteiger partial charge in [0.25, 0.3) is 5.91 Å². The molecular weight excluding hydrogens is 446 g/mol. The topological polar surface area (TPSA) is 135 Å². The third-order valence-electron chi connectivity index (χ3n) is 5.84. The van der Waals surface area contributed by atoms with E-state index in [-0.39, 0.29) is 18.2 Å². The standard InChI is InChI=1S/C27H29N3O5/c1-16(22(27(32)33)14-17-5-4-6-21(13-17)25(28)29)30-26(31)19-9-7-18(8-10-19)20-11-12-23(34-2)24(15-20)35-3/h4-13,15-16,22H,14H2,1-3H3,(H3,28,29)(H,30,31)(H,32,33)/t16-,22-/m1/s1. The number of amidine groups is 1. The summed E-state index contributed by atoms with van der Waals surface area (Å²) in [6, 6.07) is 18.9. The fraction of sp³-hybridized carbons (Fsp3) is 0.222. The van der Waals surface area contributed by atoms with E-state index in [1.807, 2.05) is 30.3 Å². The van der Waals surface area contributed by atoms with Crippen molar-refractivity contribution in [3.8, 4) is 22.6 Å². The van der Waals surface area contributed by atoms with Crippen LogP contribution in [0.2, 0.25) is 0 Å². The van der Waals surface area contributed by atoms with Gasteiger partial charge in [-0.3, -0.25) is 15.0 Å². The summed E-state index contributed by atoms with van der Waals surface area (Å²) in [6.07, 6.45) is 0.191. The van der Waals surface area contributed by atoms with E-state index in [1.165, 1.54) is 0 Å². The number of ether oxygens (including phenoxy) is 2. The summed E-state index contributed by atoms with van der Waals surface area (Å²) < 4.78 is 10.6. The molecule has 0 saturated carbocycles. The van der Waals surface area contributed by atoms with Crippen LogP contribution in [-0.4, -0.2) is 43.1 Å². The van der Waals surface area contributed by atoms with E-state index in [1.54, 1.807) is 57.5 Å². The lowest BCUT2D eigenvalue weighted by atomic mass is 9.92. The zero-order valence-corrected chi connectivity index (χ0v) is 19.9. The van der Waals surface area contributed by atoms with Crippen molar-refractivity contribution in [2.45, 2.75) is 19.4 Å². The number of nitrogens with one attached hydrogen (secondary N) is 2. The van der Waals surface area contributed by atoms with Crippen LogP contribution in [0, 0.1) is 11.3 Å². The summed E-state index contributed by atoms with van der Waals surface area (Å²) in [5.41, 5.74) is 9.01. The number of hydrogen-bond donors (Lipinski definition) is 4. The Kier molecular flexibility index (Phi) is 8.09. The van der Waals surface area contributed by atoms with Crippen LogP contribution in [0.4, 0.5) is 0 Å². The van der Waals surface area contributed by atoms with Crippen LogP contribution < -0.4 is 20.5 Å². The van der Waals surface area contributed by atoms with Gasteiger partial charge in [-0.25, -0.2) is 0 Å². The second-order valence-electron chi connectivity index (χ2n) is 8.17. The van der Waals surface area contributed by atoms with Gasteiger partial charge in [0.15, 0.2) is 11.5 Å². The highest BCUT2D eigenvalue weighted by Gasteiger charge is 2.27. The van der Waals surface area contributed by atoms with Crippen molar-refractivity contribution in [2.24, 2.45) is 11.7 Å². The first-order valence-electron chi connectivity index (χ1n) is 11.0. The predicted octanol–water partition coefficient (Wildman–Crippen LogP) is 3.72. The average Bonchev–Trinajstić information content (AvgIpc) is 2.86. The molecule has 1 amide bonds. The van der Waals surface area contributed by atoms with Crippen molar-refractivity contribution in [3.05, 3.63) is 83.4 Å². The second kappa shape index (κ2) is 11.2. The molecule has 2 atom stereocenters. The molecule has 0 unspecified atom stereocenters. The Morgan fingerprint density at radius 2 is 1.60 bits per heavy atom. The maximum Gasteiger partial charge on any atom is 0.308 e. The lowest BCUT2D eigenvalue weighted by molar-refractivity contribution is -0.142. The highest BCUT2D eigenvalue weighted by Crippen LogP contribution is 2.32. The highest BCUT2D eigenvalue weighted by molar-refractivity contribution is 5.95. The molecule has 35 heavy (non-hydrogen) atoms. The zero-order valence-electron chi connectivity index (χ0n) is 19.9. The van der Waals surface area contributed by atoms with Crippen LogP contribution in [0.15, 0.2) is 66.7 Å². The number of methoxy groups -OCH3 is 2. The number of amides is 1. The molecular formula is C27H29N3O5. The Bertz CT molecular complexity index is 1220. The Hall–Kier alpha value is -4.33. The SMILES string of the molecule is COc1ccc(-c2ccc(C(=O)N[C@H](C)[C@@H](Cc3cccc(C(=N)N)c3)C(=O)O)cc2)cc1OC. The molecule has 3 rings (SSSR count). The Morgan fingerprint density at radius 1 is 0.943 bits per heavy atom. The summed E-state index contributed by atoms with van der Waals surface area (Å²) in [4.78, 5) is 24.8. The van der Waals surface area contributed by atoms with Gasteiger partial charge in [0.2, 0.25) is 0 Å². The maximum atomic E-state index is 12.8. The normalized spacial score (nSPS) is 12.3. The largest absolute Gasteiger partial charge is 0.493 e. The molecule has 0 fully saturated rings. The number of nitrogens with two attached hydrogens (primary N) is 1. The van der Waals surface area contributed by atoms with E-state index in [2.05, 4.69) is 5.32 Å². The summed E-state index contributed by atoms with van der Waals surface area (Å²) in [5, 5.41) is 20.1. The van der Waals surface area contributed by atoms with Crippen LogP contribution in [-0.2, 0) is 11.2 Å². The molecule has 8 nitrogen and oxygen atoms in total. The van der Waals surface area contributed by atoms with Gasteiger partial charge in [0.05, 0.1) is 20.1 Å². The van der Waals surface area contributed by atoms with E-state index >= 15 is 0 Å². The maximum absolute atomic E-state index is 12.8. The minimum absolute atomic E-state index is 0.0865. The Morgan fingerprint density at radius 3 is 2.20 bits per heavy atom. The number of rotatable bonds is 10. The van der Waals surface area contributed by atoms with Crippen molar-refractivity contribution in [2.75, 3.05) is 14.2 Å². The average molecular weight is 476 g/mol. The van der Waals surface area contributed by atoms with Gasteiger partial charge >= 0.3 is 5.97 Å². The van der Waals surface area contributed by atoms with E-state index in [4.69, 9.17) is 20.6 Å². The lowest BCUT2D eigenvalue weighted by Gasteiger charge is -2.22. The Balaban J connectivity index is 1.71. The number of carbonyl (C=O) groups is 2. The minimum atomic E-state index is -1.02. The fourth-order valence-corrected chi connectivity index (χ4v) is 3.82. The molecule has 5 N–H and O–H groups in total. The number of benzene rings is 3. The number of carboxylic acids is 1. The van der Waals surface area contributed by atoms with Crippen LogP contribution in [0.5, 0.6) is 11.5 Å². The van der Waals surface area contributed by atoms with E-state index < -0.39 is 17.9 Å². The first kappa shape index (κ1) is 25.3. The molecule has 182 valence electrons. The van der Waals surface area contributed by atoms with Gasteiger partial charge < -0.3 is 25.6 Å². The first-order valence-corrected chi connectivity index (χ1v) is 11.0. The van der Waals surface area contributed by atoms with Crippen molar-refractivity contribution in [3.63, 3.8) is 0 Å². The van der Waals surface area contributed by atoms with Gasteiger partial charge in [-0.1, -0.05) is 36.4 Å². The second-order valence-corrected chi connectivity index (χ2v) is 8.17. The van der Waals surface area contributed by atoms with Gasteiger partial charge in [-0.05, 0) is 60.4 Å². The molecule has 0 heterocycles. The van der Waals surface area contributed by atoms with Gasteiger partial charge in [0.1, 0.15) is 5.84 Å². The summed E-state index contributed by atoms with van der Waals surface area (Å²) >= 11 is 0. The fourth-order valence-electron chi connectivity index (χ4n) is 3.82. The summed E-state index contributed by atoms with van der Waals surface area (Å²) in [7, 11) is 3.14. The van der Waals surface area contributed by atoms with Crippen LogP contribution in [0.25, 0.3) is 11.1 Å². The zero-order chi connectivity index (χ0) is 25.5. The molecule has 3 aromatic rings. The van der Waals surface area contributed by atoms with Crippen LogP contribution in [0.1, 0.15) is 28.4 Å². The van der Waals surface area contributed by atoms with Crippen molar-refractivity contribution >= 4 is 17.7 Å². The first-order chi connectivity index (χ1) is 16.7. The third kappa shape index (κ3) is 6.17. The summed E-state index contributed by atoms with van der Waals surface area (Å²) in [5.74, 6) is -1.09. The molecule has 0 bridgehead atoms. The number of hydrogen-bond acceptors (Lipinski definition) is 5. The predicted molar refractivity (Wildman–Crippen MR) is 134 cm³/mol. The van der Waals surface area contributed by atoms with Crippen molar-refractivity contribution in [1.29, 1.82) is 5.41 Å². The van der Waals surface area contributed by atoms with Crippen molar-refractivity contribution < 1.29 is 24.2 Å². The van der Waals surface area contributed by atoms with Gasteiger partial charge in [-0.2, -0.15) is 0 Å². The summed E-state index contributed by atoms with van der Waals surface area (Å²) in [6.45, 7) is 1.67. The van der Waals surface area contributed by atoms with E-state index in [9.17, 15) is 14.7 Å². The van der Waals surface area contributed by atoms with Crippen LogP contribution >= 0.6 is 0 Å². The molecule has 0 radical (unpaired) electrons. The Labute approximate surface area is 204 Å². The van der Waals surface area contributed by atoms with E-state index in [0.717, 1.165) is 16.7 Å². The van der Waals surface area contributed by atoms with E-state index in [0.29, 0.717) is 22.6 Å². The molecule has 0 aliphatic heterocycles. The monoisotopic (exact) mass is 475 g/mol. The number of carboxylic acid groups (broad SMARTS) is 1. The van der Waals surface area contributed by atoms with Gasteiger partial charge in [-0.15, -0.1) is 0 Å². The molecule has 0 saturated heterocycles.